The summed E-state index contributed by atoms with van der Waals surface area (Å²) in [5.74, 6) is 1.38. The molecule has 1 aliphatic carbocycles. The van der Waals surface area contributed by atoms with Crippen molar-refractivity contribution in [2.75, 3.05) is 31.1 Å². The minimum atomic E-state index is 0.0885. The molecule has 0 spiro atoms. The van der Waals surface area contributed by atoms with E-state index in [1.165, 1.54) is 0 Å². The molecule has 1 aromatic carbocycles. The number of aromatic nitrogens is 4. The minimum Gasteiger partial charge on any atom is -0.352 e. The first-order valence-corrected chi connectivity index (χ1v) is 10.2. The van der Waals surface area contributed by atoms with Gasteiger partial charge in [-0.15, -0.1) is 0 Å². The Kier molecular flexibility index (Phi) is 4.50. The van der Waals surface area contributed by atoms with E-state index < -0.39 is 0 Å². The van der Waals surface area contributed by atoms with Gasteiger partial charge in [0.2, 0.25) is 0 Å². The van der Waals surface area contributed by atoms with Gasteiger partial charge in [-0.3, -0.25) is 9.78 Å². The monoisotopic (exact) mass is 388 g/mol. The number of benzene rings is 1. The van der Waals surface area contributed by atoms with Crippen LogP contribution in [0, 0.1) is 6.92 Å². The second kappa shape index (κ2) is 7.31. The van der Waals surface area contributed by atoms with Crippen LogP contribution in [0.2, 0.25) is 0 Å². The van der Waals surface area contributed by atoms with Gasteiger partial charge in [-0.25, -0.2) is 9.67 Å². The van der Waals surface area contributed by atoms with Crippen LogP contribution < -0.4 is 4.90 Å². The summed E-state index contributed by atoms with van der Waals surface area (Å²) >= 11 is 0. The highest BCUT2D eigenvalue weighted by Gasteiger charge is 2.35. The summed E-state index contributed by atoms with van der Waals surface area (Å²) in [6.07, 6.45) is 9.16. The lowest BCUT2D eigenvalue weighted by Gasteiger charge is -2.35. The quantitative estimate of drug-likeness (QED) is 0.688. The molecule has 7 heteroatoms. The van der Waals surface area contributed by atoms with Gasteiger partial charge in [0, 0.05) is 44.5 Å². The lowest BCUT2D eigenvalue weighted by Crippen LogP contribution is -2.49. The molecule has 0 N–H and O–H groups in total. The molecule has 3 aromatic rings. The third-order valence-corrected chi connectivity index (χ3v) is 5.78. The molecular weight excluding hydrogens is 364 g/mol. The molecule has 1 amide bonds. The van der Waals surface area contributed by atoms with E-state index in [2.05, 4.69) is 39.0 Å². The second-order valence-corrected chi connectivity index (χ2v) is 7.76. The molecule has 1 aliphatic heterocycles. The molecule has 2 aliphatic rings. The lowest BCUT2D eigenvalue weighted by molar-refractivity contribution is 0.0745. The fraction of sp³-hybridized carbons (Fsp3) is 0.364. The van der Waals surface area contributed by atoms with Crippen molar-refractivity contribution in [1.29, 1.82) is 0 Å². The lowest BCUT2D eigenvalue weighted by atomic mass is 10.1. The van der Waals surface area contributed by atoms with Gasteiger partial charge >= 0.3 is 0 Å². The van der Waals surface area contributed by atoms with E-state index in [0.717, 1.165) is 54.3 Å². The van der Waals surface area contributed by atoms with E-state index in [0.29, 0.717) is 19.0 Å². The van der Waals surface area contributed by atoms with Gasteiger partial charge in [0.15, 0.2) is 0 Å². The maximum Gasteiger partial charge on any atom is 0.257 e. The van der Waals surface area contributed by atoms with Crippen LogP contribution in [0.25, 0.3) is 5.69 Å². The van der Waals surface area contributed by atoms with E-state index >= 15 is 0 Å². The van der Waals surface area contributed by atoms with Crippen LogP contribution >= 0.6 is 0 Å². The number of nitrogens with zero attached hydrogens (tertiary/aromatic N) is 6. The molecule has 0 unspecified atom stereocenters. The third-order valence-electron chi connectivity index (χ3n) is 5.78. The Bertz CT molecular complexity index is 1020. The summed E-state index contributed by atoms with van der Waals surface area (Å²) in [6.45, 7) is 4.95. The van der Waals surface area contributed by atoms with Crippen molar-refractivity contribution < 1.29 is 4.79 Å². The maximum atomic E-state index is 13.4. The third kappa shape index (κ3) is 3.37. The smallest absolute Gasteiger partial charge is 0.257 e. The Balaban J connectivity index is 1.38. The van der Waals surface area contributed by atoms with E-state index in [9.17, 15) is 4.79 Å². The fourth-order valence-corrected chi connectivity index (χ4v) is 4.03. The average Bonchev–Trinajstić information content (AvgIpc) is 3.52. The SMILES string of the molecule is Cc1ccccc1-n1ncc(C(=O)N2CCN(c3cnccn3)CC2)c1C1CC1. The first-order valence-electron chi connectivity index (χ1n) is 10.2. The molecule has 0 radical (unpaired) electrons. The average molecular weight is 388 g/mol. The van der Waals surface area contributed by atoms with Gasteiger partial charge in [0.25, 0.3) is 5.91 Å². The van der Waals surface area contributed by atoms with Crippen LogP contribution in [0.4, 0.5) is 5.82 Å². The van der Waals surface area contributed by atoms with Gasteiger partial charge in [-0.2, -0.15) is 5.10 Å². The number of piperazine rings is 1. The van der Waals surface area contributed by atoms with Gasteiger partial charge in [0.1, 0.15) is 5.82 Å². The first-order chi connectivity index (χ1) is 14.2. The summed E-state index contributed by atoms with van der Waals surface area (Å²) in [4.78, 5) is 26.0. The maximum absolute atomic E-state index is 13.4. The van der Waals surface area contributed by atoms with Crippen molar-refractivity contribution in [3.05, 3.63) is 65.9 Å². The summed E-state index contributed by atoms with van der Waals surface area (Å²) in [6, 6.07) is 8.21. The van der Waals surface area contributed by atoms with Crippen molar-refractivity contribution in [3.63, 3.8) is 0 Å². The van der Waals surface area contributed by atoms with Gasteiger partial charge < -0.3 is 9.80 Å². The molecular formula is C22H24N6O. The Morgan fingerprint density at radius 1 is 1.03 bits per heavy atom. The molecule has 7 nitrogen and oxygen atoms in total. The Labute approximate surface area is 170 Å². The fourth-order valence-electron chi connectivity index (χ4n) is 4.03. The van der Waals surface area contributed by atoms with Crippen LogP contribution in [-0.2, 0) is 0 Å². The summed E-state index contributed by atoms with van der Waals surface area (Å²) in [5, 5.41) is 4.63. The van der Waals surface area contributed by atoms with Crippen LogP contribution in [0.3, 0.4) is 0 Å². The molecule has 5 rings (SSSR count). The summed E-state index contributed by atoms with van der Waals surface area (Å²) in [5.41, 5.74) is 4.04. The van der Waals surface area contributed by atoms with E-state index in [-0.39, 0.29) is 5.91 Å². The number of carbonyl (C=O) groups is 1. The number of amides is 1. The molecule has 3 heterocycles. The zero-order chi connectivity index (χ0) is 19.8. The van der Waals surface area contributed by atoms with Crippen molar-refractivity contribution in [3.8, 4) is 5.69 Å². The Morgan fingerprint density at radius 2 is 1.83 bits per heavy atom. The van der Waals surface area contributed by atoms with Gasteiger partial charge in [0.05, 0.1) is 29.3 Å². The van der Waals surface area contributed by atoms with Crippen LogP contribution in [0.5, 0.6) is 0 Å². The Hall–Kier alpha value is -3.22. The number of aryl methyl sites for hydroxylation is 1. The number of hydrogen-bond donors (Lipinski definition) is 0. The van der Waals surface area contributed by atoms with Crippen molar-refractivity contribution in [2.45, 2.75) is 25.7 Å². The molecule has 2 fully saturated rings. The number of para-hydroxylation sites is 1. The van der Waals surface area contributed by atoms with E-state index in [1.54, 1.807) is 24.8 Å². The predicted molar refractivity (Wildman–Crippen MR) is 110 cm³/mol. The molecule has 29 heavy (non-hydrogen) atoms. The molecule has 1 saturated carbocycles. The highest BCUT2D eigenvalue weighted by Crippen LogP contribution is 2.43. The van der Waals surface area contributed by atoms with Crippen molar-refractivity contribution >= 4 is 11.7 Å². The van der Waals surface area contributed by atoms with E-state index in [1.807, 2.05) is 21.7 Å². The van der Waals surface area contributed by atoms with E-state index in [4.69, 9.17) is 0 Å². The minimum absolute atomic E-state index is 0.0885. The summed E-state index contributed by atoms with van der Waals surface area (Å²) < 4.78 is 1.98. The topological polar surface area (TPSA) is 67.2 Å². The van der Waals surface area contributed by atoms with Crippen molar-refractivity contribution in [1.82, 2.24) is 24.6 Å². The highest BCUT2D eigenvalue weighted by atomic mass is 16.2. The molecule has 2 aromatic heterocycles. The van der Waals surface area contributed by atoms with Crippen molar-refractivity contribution in [2.24, 2.45) is 0 Å². The second-order valence-electron chi connectivity index (χ2n) is 7.76. The number of hydrogen-bond acceptors (Lipinski definition) is 5. The number of anilines is 1. The molecule has 148 valence electrons. The zero-order valence-corrected chi connectivity index (χ0v) is 16.5. The largest absolute Gasteiger partial charge is 0.352 e. The zero-order valence-electron chi connectivity index (χ0n) is 16.5. The highest BCUT2D eigenvalue weighted by molar-refractivity contribution is 5.95. The summed E-state index contributed by atoms with van der Waals surface area (Å²) in [7, 11) is 0. The standard InChI is InChI=1S/C22H24N6O/c1-16-4-2-3-5-19(16)28-21(17-6-7-17)18(14-25-28)22(29)27-12-10-26(11-13-27)20-15-23-8-9-24-20/h2-5,8-9,14-15,17H,6-7,10-13H2,1H3. The number of carbonyl (C=O) groups excluding carboxylic acids is 1. The van der Waals surface area contributed by atoms with Crippen LogP contribution in [0.1, 0.15) is 40.4 Å². The molecule has 1 saturated heterocycles. The number of rotatable bonds is 4. The first kappa shape index (κ1) is 17.8. The predicted octanol–water partition coefficient (Wildman–Crippen LogP) is 2.81. The van der Waals surface area contributed by atoms with Crippen LogP contribution in [0.15, 0.2) is 49.1 Å². The normalized spacial score (nSPS) is 16.9. The molecule has 0 bridgehead atoms. The van der Waals surface area contributed by atoms with Crippen LogP contribution in [-0.4, -0.2) is 56.7 Å². The van der Waals surface area contributed by atoms with Gasteiger partial charge in [-0.05, 0) is 31.4 Å². The van der Waals surface area contributed by atoms with Gasteiger partial charge in [-0.1, -0.05) is 18.2 Å². The Morgan fingerprint density at radius 3 is 2.52 bits per heavy atom. The molecule has 0 atom stereocenters.